The number of rotatable bonds is 6. The Morgan fingerprint density at radius 2 is 1.86 bits per heavy atom. The lowest BCUT2D eigenvalue weighted by atomic mass is 10.1. The summed E-state index contributed by atoms with van der Waals surface area (Å²) < 4.78 is 5.49. The van der Waals surface area contributed by atoms with Crippen molar-refractivity contribution in [2.24, 2.45) is 5.73 Å². The zero-order valence-corrected chi connectivity index (χ0v) is 11.5. The molecule has 2 rings (SSSR count). The number of benzene rings is 2. The molecule has 2 aromatic carbocycles. The van der Waals surface area contributed by atoms with E-state index in [0.717, 1.165) is 5.56 Å². The van der Waals surface area contributed by atoms with Crippen LogP contribution >= 0.6 is 0 Å². The molecule has 7 nitrogen and oxygen atoms in total. The van der Waals surface area contributed by atoms with Gasteiger partial charge in [-0.15, -0.1) is 0 Å². The fourth-order valence-corrected chi connectivity index (χ4v) is 1.86. The molecular formula is C15H14N2O5. The largest absolute Gasteiger partial charge is 0.480 e. The molecule has 7 heteroatoms. The molecule has 0 radical (unpaired) electrons. The predicted molar refractivity (Wildman–Crippen MR) is 78.9 cm³/mol. The van der Waals surface area contributed by atoms with E-state index in [1.807, 2.05) is 0 Å². The highest BCUT2D eigenvalue weighted by Gasteiger charge is 2.15. The minimum absolute atomic E-state index is 0.125. The third-order valence-corrected chi connectivity index (χ3v) is 2.99. The van der Waals surface area contributed by atoms with Gasteiger partial charge in [0, 0.05) is 6.07 Å². The summed E-state index contributed by atoms with van der Waals surface area (Å²) in [6, 6.07) is 11.7. The van der Waals surface area contributed by atoms with Gasteiger partial charge in [-0.05, 0) is 30.2 Å². The Morgan fingerprint density at radius 3 is 2.45 bits per heavy atom. The number of nitro benzene ring substituents is 1. The molecule has 3 N–H and O–H groups in total. The van der Waals surface area contributed by atoms with Crippen LogP contribution in [0.15, 0.2) is 48.5 Å². The topological polar surface area (TPSA) is 116 Å². The summed E-state index contributed by atoms with van der Waals surface area (Å²) in [5.74, 6) is -0.510. The molecule has 0 saturated heterocycles. The van der Waals surface area contributed by atoms with E-state index >= 15 is 0 Å². The van der Waals surface area contributed by atoms with Crippen LogP contribution in [0.25, 0.3) is 0 Å². The Kier molecular flexibility index (Phi) is 4.70. The molecule has 0 amide bonds. The molecular weight excluding hydrogens is 288 g/mol. The monoisotopic (exact) mass is 302 g/mol. The van der Waals surface area contributed by atoms with Crippen molar-refractivity contribution < 1.29 is 19.6 Å². The van der Waals surface area contributed by atoms with E-state index < -0.39 is 16.9 Å². The number of para-hydroxylation sites is 2. The molecule has 2 aromatic rings. The number of aliphatic carboxylic acids is 1. The lowest BCUT2D eigenvalue weighted by Gasteiger charge is -2.09. The van der Waals surface area contributed by atoms with Gasteiger partial charge in [0.15, 0.2) is 0 Å². The van der Waals surface area contributed by atoms with Crippen LogP contribution in [0, 0.1) is 10.1 Å². The van der Waals surface area contributed by atoms with Gasteiger partial charge in [0.1, 0.15) is 11.8 Å². The van der Waals surface area contributed by atoms with E-state index in [1.165, 1.54) is 12.1 Å². The van der Waals surface area contributed by atoms with Crippen molar-refractivity contribution >= 4 is 11.7 Å². The number of carbonyl (C=O) groups is 1. The Hall–Kier alpha value is -2.93. The fraction of sp³-hybridized carbons (Fsp3) is 0.133. The molecule has 0 bridgehead atoms. The zero-order chi connectivity index (χ0) is 16.1. The first-order valence-electron chi connectivity index (χ1n) is 6.46. The summed E-state index contributed by atoms with van der Waals surface area (Å²) in [4.78, 5) is 21.1. The van der Waals surface area contributed by atoms with E-state index in [-0.39, 0.29) is 17.9 Å². The zero-order valence-electron chi connectivity index (χ0n) is 11.5. The Morgan fingerprint density at radius 1 is 1.23 bits per heavy atom. The lowest BCUT2D eigenvalue weighted by Crippen LogP contribution is -2.32. The molecule has 114 valence electrons. The van der Waals surface area contributed by atoms with Crippen molar-refractivity contribution in [3.63, 3.8) is 0 Å². The molecule has 0 spiro atoms. The molecule has 0 aliphatic rings. The van der Waals surface area contributed by atoms with Crippen LogP contribution in [-0.2, 0) is 11.2 Å². The molecule has 0 heterocycles. The number of nitrogens with two attached hydrogens (primary N) is 1. The van der Waals surface area contributed by atoms with Crippen molar-refractivity contribution in [3.05, 3.63) is 64.2 Å². The molecule has 0 fully saturated rings. The number of hydrogen-bond acceptors (Lipinski definition) is 5. The summed E-state index contributed by atoms with van der Waals surface area (Å²) in [7, 11) is 0. The number of hydrogen-bond donors (Lipinski definition) is 2. The number of ether oxygens (including phenoxy) is 1. The van der Waals surface area contributed by atoms with Crippen molar-refractivity contribution in [2.75, 3.05) is 0 Å². The van der Waals surface area contributed by atoms with Gasteiger partial charge in [-0.25, -0.2) is 0 Å². The molecule has 0 aliphatic heterocycles. The Balaban J connectivity index is 2.12. The maximum atomic E-state index is 10.9. The highest BCUT2D eigenvalue weighted by atomic mass is 16.6. The third kappa shape index (κ3) is 3.80. The van der Waals surface area contributed by atoms with E-state index in [4.69, 9.17) is 15.6 Å². The highest BCUT2D eigenvalue weighted by molar-refractivity contribution is 5.73. The number of nitrogens with zero attached hydrogens (tertiary/aromatic N) is 1. The minimum atomic E-state index is -1.07. The minimum Gasteiger partial charge on any atom is -0.480 e. The standard InChI is InChI=1S/C15H14N2O5/c16-12(15(18)19)9-10-5-7-11(8-6-10)22-14-4-2-1-3-13(14)17(20)21/h1-8,12H,9,16H2,(H,18,19). The van der Waals surface area contributed by atoms with Gasteiger partial charge >= 0.3 is 11.7 Å². The van der Waals surface area contributed by atoms with Crippen LogP contribution in [0.1, 0.15) is 5.56 Å². The van der Waals surface area contributed by atoms with E-state index in [0.29, 0.717) is 5.75 Å². The summed E-state index contributed by atoms with van der Waals surface area (Å²) in [6.45, 7) is 0. The quantitative estimate of drug-likeness (QED) is 0.625. The summed E-state index contributed by atoms with van der Waals surface area (Å²) in [5.41, 5.74) is 6.07. The molecule has 0 aliphatic carbocycles. The summed E-state index contributed by atoms with van der Waals surface area (Å²) >= 11 is 0. The summed E-state index contributed by atoms with van der Waals surface area (Å²) in [6.07, 6.45) is 0.196. The van der Waals surface area contributed by atoms with Crippen molar-refractivity contribution in [1.29, 1.82) is 0 Å². The van der Waals surface area contributed by atoms with Gasteiger partial charge in [-0.1, -0.05) is 24.3 Å². The van der Waals surface area contributed by atoms with Gasteiger partial charge in [0.05, 0.1) is 4.92 Å². The van der Waals surface area contributed by atoms with Gasteiger partial charge < -0.3 is 15.6 Å². The maximum Gasteiger partial charge on any atom is 0.320 e. The third-order valence-electron chi connectivity index (χ3n) is 2.99. The van der Waals surface area contributed by atoms with E-state index in [9.17, 15) is 14.9 Å². The van der Waals surface area contributed by atoms with Gasteiger partial charge in [-0.2, -0.15) is 0 Å². The summed E-state index contributed by atoms with van der Waals surface area (Å²) in [5, 5.41) is 19.7. The maximum absolute atomic E-state index is 10.9. The lowest BCUT2D eigenvalue weighted by molar-refractivity contribution is -0.385. The van der Waals surface area contributed by atoms with Crippen LogP contribution in [0.4, 0.5) is 5.69 Å². The van der Waals surface area contributed by atoms with E-state index in [1.54, 1.807) is 36.4 Å². The fourth-order valence-electron chi connectivity index (χ4n) is 1.86. The van der Waals surface area contributed by atoms with Crippen molar-refractivity contribution in [1.82, 2.24) is 0 Å². The molecule has 0 saturated carbocycles. The predicted octanol–water partition coefficient (Wildman–Crippen LogP) is 2.34. The van der Waals surface area contributed by atoms with Gasteiger partial charge in [0.2, 0.25) is 5.75 Å². The van der Waals surface area contributed by atoms with Crippen LogP contribution in [0.5, 0.6) is 11.5 Å². The molecule has 22 heavy (non-hydrogen) atoms. The number of carboxylic acid groups (broad SMARTS) is 1. The molecule has 0 aromatic heterocycles. The normalized spacial score (nSPS) is 11.7. The van der Waals surface area contributed by atoms with Gasteiger partial charge in [0.25, 0.3) is 0 Å². The smallest absolute Gasteiger partial charge is 0.320 e. The SMILES string of the molecule is NC(Cc1ccc(Oc2ccccc2[N+](=O)[O-])cc1)C(=O)O. The van der Waals surface area contributed by atoms with Crippen LogP contribution in [-0.4, -0.2) is 22.0 Å². The highest BCUT2D eigenvalue weighted by Crippen LogP contribution is 2.30. The average molecular weight is 302 g/mol. The molecule has 1 unspecified atom stereocenters. The van der Waals surface area contributed by atoms with Crippen LogP contribution < -0.4 is 10.5 Å². The Bertz CT molecular complexity index is 685. The van der Waals surface area contributed by atoms with Crippen molar-refractivity contribution in [2.45, 2.75) is 12.5 Å². The van der Waals surface area contributed by atoms with E-state index in [2.05, 4.69) is 0 Å². The van der Waals surface area contributed by atoms with Crippen LogP contribution in [0.2, 0.25) is 0 Å². The van der Waals surface area contributed by atoms with Crippen molar-refractivity contribution in [3.8, 4) is 11.5 Å². The second-order valence-corrected chi connectivity index (χ2v) is 4.62. The molecule has 1 atom stereocenters. The second-order valence-electron chi connectivity index (χ2n) is 4.62. The Labute approximate surface area is 126 Å². The first kappa shape index (κ1) is 15.5. The second kappa shape index (κ2) is 6.68. The number of carboxylic acids is 1. The van der Waals surface area contributed by atoms with Gasteiger partial charge in [-0.3, -0.25) is 14.9 Å². The average Bonchev–Trinajstić information content (AvgIpc) is 2.49. The first-order chi connectivity index (χ1) is 10.5. The number of nitro groups is 1. The van der Waals surface area contributed by atoms with Crippen LogP contribution in [0.3, 0.4) is 0 Å². The first-order valence-corrected chi connectivity index (χ1v) is 6.46.